The lowest BCUT2D eigenvalue weighted by atomic mass is 10.1. The minimum absolute atomic E-state index is 0.0168. The fourth-order valence-corrected chi connectivity index (χ4v) is 6.41. The molecule has 0 aliphatic carbocycles. The van der Waals surface area contributed by atoms with Crippen LogP contribution in [0.25, 0.3) is 10.6 Å². The average Bonchev–Trinajstić information content (AvgIpc) is 3.93. The van der Waals surface area contributed by atoms with E-state index in [0.29, 0.717) is 38.8 Å². The van der Waals surface area contributed by atoms with Crippen molar-refractivity contribution in [1.82, 2.24) is 15.6 Å². The van der Waals surface area contributed by atoms with Crippen molar-refractivity contribution >= 4 is 86.8 Å². The molecular formula is C32H22Cl2N10O5S2. The van der Waals surface area contributed by atoms with Crippen molar-refractivity contribution in [3.8, 4) is 16.0 Å². The Hall–Kier alpha value is -5.77. The molecule has 2 aliphatic rings. The van der Waals surface area contributed by atoms with Gasteiger partial charge in [-0.3, -0.25) is 40.4 Å². The number of aromatic nitrogens is 2. The molecule has 0 unspecified atom stereocenters. The highest BCUT2D eigenvalue weighted by Crippen LogP contribution is 2.36. The number of amides is 1. The lowest BCUT2D eigenvalue weighted by Gasteiger charge is -2.08. The van der Waals surface area contributed by atoms with Gasteiger partial charge < -0.3 is 5.32 Å². The third kappa shape index (κ3) is 8.88. The molecule has 0 bridgehead atoms. The molecule has 51 heavy (non-hydrogen) atoms. The summed E-state index contributed by atoms with van der Waals surface area (Å²) >= 11 is 14.9. The van der Waals surface area contributed by atoms with E-state index in [1.807, 2.05) is 35.1 Å². The van der Waals surface area contributed by atoms with Gasteiger partial charge in [-0.05, 0) is 41.1 Å². The lowest BCUT2D eigenvalue weighted by molar-refractivity contribution is -0.385. The van der Waals surface area contributed by atoms with Gasteiger partial charge in [-0.25, -0.2) is 5.84 Å². The van der Waals surface area contributed by atoms with E-state index >= 15 is 0 Å². The highest BCUT2D eigenvalue weighted by atomic mass is 35.5. The van der Waals surface area contributed by atoms with Crippen LogP contribution in [0.5, 0.6) is 0 Å². The summed E-state index contributed by atoms with van der Waals surface area (Å²) in [5.41, 5.74) is 7.38. The molecular weight excluding hydrogens is 739 g/mol. The number of nitro groups is 2. The molecule has 0 saturated carbocycles. The maximum atomic E-state index is 10.9. The number of nitrogen functional groups attached to an aromatic ring is 1. The molecule has 19 heteroatoms. The predicted molar refractivity (Wildman–Crippen MR) is 197 cm³/mol. The number of carbonyl (C=O) groups excluding carboxylic acids is 1. The van der Waals surface area contributed by atoms with Gasteiger partial charge in [0, 0.05) is 63.8 Å². The first-order valence-corrected chi connectivity index (χ1v) is 16.8. The van der Waals surface area contributed by atoms with Crippen molar-refractivity contribution in [2.75, 3.05) is 5.32 Å². The number of nitro benzene ring substituents is 2. The first-order chi connectivity index (χ1) is 24.6. The van der Waals surface area contributed by atoms with Crippen LogP contribution in [-0.4, -0.2) is 38.4 Å². The second-order valence-electron chi connectivity index (χ2n) is 10.2. The Morgan fingerprint density at radius 3 is 2.16 bits per heavy atom. The fraction of sp³-hybridized carbons (Fsp3) is 0.0625. The number of hydrazine groups is 1. The zero-order valence-electron chi connectivity index (χ0n) is 25.8. The number of hydrogen-bond donors (Lipinski definition) is 3. The van der Waals surface area contributed by atoms with E-state index in [2.05, 4.69) is 25.5 Å². The second-order valence-corrected chi connectivity index (χ2v) is 12.8. The number of nitrogens with one attached hydrogen (secondary N) is 2. The van der Waals surface area contributed by atoms with Gasteiger partial charge in [0.2, 0.25) is 5.13 Å². The van der Waals surface area contributed by atoms with Gasteiger partial charge in [-0.1, -0.05) is 64.9 Å². The van der Waals surface area contributed by atoms with Crippen LogP contribution in [-0.2, 0) is 13.1 Å². The van der Waals surface area contributed by atoms with Gasteiger partial charge in [0.15, 0.2) is 0 Å². The van der Waals surface area contributed by atoms with E-state index in [9.17, 15) is 25.0 Å². The summed E-state index contributed by atoms with van der Waals surface area (Å²) in [7, 11) is 0. The molecule has 5 aromatic rings. The number of halogens is 2. The summed E-state index contributed by atoms with van der Waals surface area (Å²) in [6, 6.07) is 19.3. The van der Waals surface area contributed by atoms with E-state index in [1.165, 1.54) is 41.7 Å². The molecule has 7 rings (SSSR count). The number of rotatable bonds is 7. The summed E-state index contributed by atoms with van der Waals surface area (Å²) in [4.78, 5) is 40.2. The molecule has 4 N–H and O–H groups in total. The summed E-state index contributed by atoms with van der Waals surface area (Å²) in [5.74, 6) is 4.31. The van der Waals surface area contributed by atoms with Crippen LogP contribution in [0.2, 0.25) is 10.0 Å². The maximum Gasteiger partial charge on any atom is 0.270 e. The van der Waals surface area contributed by atoms with Crippen LogP contribution in [0.3, 0.4) is 0 Å². The van der Waals surface area contributed by atoms with E-state index in [0.717, 1.165) is 50.7 Å². The minimum atomic E-state index is -0.576. The normalized spacial score (nSPS) is 11.6. The Bertz CT molecular complexity index is 2260. The van der Waals surface area contributed by atoms with Gasteiger partial charge >= 0.3 is 0 Å². The minimum Gasteiger partial charge on any atom is -0.329 e. The summed E-state index contributed by atoms with van der Waals surface area (Å²) < 4.78 is 0. The van der Waals surface area contributed by atoms with Crippen LogP contribution < -0.4 is 16.6 Å². The number of nitrogens with two attached hydrogens (primary N) is 1. The summed E-state index contributed by atoms with van der Waals surface area (Å²) in [5, 5.41) is 45.4. The molecule has 0 saturated heterocycles. The standard InChI is InChI=1S/C16H10ClN5O2S.C9H5ClN2S.C7H7N3O3/c17-14-12-8-18-7-10(12)4-5-13(14)19-16-21-20-15(25-16)9-2-1-3-11(6-9)22(23)24;10-9-7-4-12-3-6(7)1-2-8(9)13-5-11;8-9-7(11)5-2-1-3-6(4-5)10(12)13/h1-6,8H,7H2,(H,19,21);1-2,4H,3H2;1-4H,8H2,(H,9,11). The van der Waals surface area contributed by atoms with E-state index in [-0.39, 0.29) is 16.9 Å². The first-order valence-electron chi connectivity index (χ1n) is 14.4. The molecule has 0 spiro atoms. The molecule has 4 aromatic carbocycles. The zero-order chi connectivity index (χ0) is 36.5. The number of aliphatic imine (C=N–C) groups is 2. The highest BCUT2D eigenvalue weighted by Gasteiger charge is 2.17. The Morgan fingerprint density at radius 2 is 1.51 bits per heavy atom. The first kappa shape index (κ1) is 36.5. The highest BCUT2D eigenvalue weighted by molar-refractivity contribution is 8.03. The number of non-ortho nitro benzene ring substituents is 2. The number of fused-ring (bicyclic) bond motifs is 2. The monoisotopic (exact) mass is 760 g/mol. The molecule has 3 heterocycles. The van der Waals surface area contributed by atoms with E-state index in [4.69, 9.17) is 34.3 Å². The molecule has 0 fully saturated rings. The third-order valence-corrected chi connectivity index (χ3v) is 9.51. The van der Waals surface area contributed by atoms with Crippen molar-refractivity contribution in [2.24, 2.45) is 15.8 Å². The zero-order valence-corrected chi connectivity index (χ0v) is 29.0. The van der Waals surface area contributed by atoms with Gasteiger partial charge in [0.05, 0.1) is 38.7 Å². The van der Waals surface area contributed by atoms with Crippen LogP contribution in [0, 0.1) is 30.9 Å². The van der Waals surface area contributed by atoms with E-state index < -0.39 is 15.8 Å². The van der Waals surface area contributed by atoms with Gasteiger partial charge in [0.1, 0.15) is 10.4 Å². The van der Waals surface area contributed by atoms with Gasteiger partial charge in [-0.2, -0.15) is 5.26 Å². The van der Waals surface area contributed by atoms with Gasteiger partial charge in [0.25, 0.3) is 17.3 Å². The predicted octanol–water partition coefficient (Wildman–Crippen LogP) is 7.49. The second kappa shape index (κ2) is 16.8. The SMILES string of the molecule is N#CSc1ccc2c(c1Cl)C=NC2.NNC(=O)c1cccc([N+](=O)[O-])c1.O=[N+]([O-])c1cccc(-c2nnc(Nc3ccc4c(c3Cl)C=NC4)s2)c1. The molecule has 1 aromatic heterocycles. The number of carbonyl (C=O) groups is 1. The number of nitriles is 1. The summed E-state index contributed by atoms with van der Waals surface area (Å²) in [6.45, 7) is 1.34. The number of thioether (sulfide) groups is 1. The Kier molecular flexibility index (Phi) is 12.0. The smallest absolute Gasteiger partial charge is 0.270 e. The van der Waals surface area contributed by atoms with Crippen molar-refractivity contribution in [2.45, 2.75) is 18.0 Å². The maximum absolute atomic E-state index is 10.9. The van der Waals surface area contributed by atoms with Crippen molar-refractivity contribution < 1.29 is 14.6 Å². The molecule has 0 radical (unpaired) electrons. The Morgan fingerprint density at radius 1 is 0.882 bits per heavy atom. The fourth-order valence-electron chi connectivity index (χ4n) is 4.60. The molecule has 15 nitrogen and oxygen atoms in total. The average molecular weight is 762 g/mol. The Balaban J connectivity index is 0.000000164. The third-order valence-electron chi connectivity index (χ3n) is 7.05. The van der Waals surface area contributed by atoms with E-state index in [1.54, 1.807) is 24.6 Å². The lowest BCUT2D eigenvalue weighted by Crippen LogP contribution is -2.29. The van der Waals surface area contributed by atoms with Crippen molar-refractivity contribution in [3.63, 3.8) is 0 Å². The number of anilines is 2. The van der Waals surface area contributed by atoms with Crippen LogP contribution >= 0.6 is 46.3 Å². The van der Waals surface area contributed by atoms with Crippen molar-refractivity contribution in [1.29, 1.82) is 5.26 Å². The number of thiocyanates is 1. The molecule has 0 atom stereocenters. The van der Waals surface area contributed by atoms with Crippen molar-refractivity contribution in [3.05, 3.63) is 131 Å². The number of benzene rings is 4. The molecule has 2 aliphatic heterocycles. The van der Waals surface area contributed by atoms with Crippen LogP contribution in [0.1, 0.15) is 32.6 Å². The quantitative estimate of drug-likeness (QED) is 0.0367. The molecule has 256 valence electrons. The number of hydrogen-bond acceptors (Lipinski definition) is 14. The topological polar surface area (TPSA) is 228 Å². The van der Waals surface area contributed by atoms with Gasteiger partial charge in [-0.15, -0.1) is 10.2 Å². The summed E-state index contributed by atoms with van der Waals surface area (Å²) in [6.07, 6.45) is 3.52. The Labute approximate surface area is 307 Å². The van der Waals surface area contributed by atoms with Crippen LogP contribution in [0.4, 0.5) is 22.2 Å². The molecule has 1 amide bonds. The largest absolute Gasteiger partial charge is 0.329 e. The van der Waals surface area contributed by atoms with Crippen LogP contribution in [0.15, 0.2) is 87.7 Å². The number of nitrogens with zero attached hydrogens (tertiary/aromatic N) is 7.